The zero-order valence-corrected chi connectivity index (χ0v) is 9.62. The van der Waals surface area contributed by atoms with E-state index in [1.54, 1.807) is 17.0 Å². The van der Waals surface area contributed by atoms with E-state index >= 15 is 0 Å². The smallest absolute Gasteiger partial charge is 0.246 e. The van der Waals surface area contributed by atoms with Crippen LogP contribution in [0.1, 0.15) is 23.2 Å². The van der Waals surface area contributed by atoms with Crippen LogP contribution in [0.4, 0.5) is 0 Å². The Balaban J connectivity index is 2.36. The van der Waals surface area contributed by atoms with Gasteiger partial charge in [-0.3, -0.25) is 4.79 Å². The number of hydrogen-bond donors (Lipinski definition) is 0. The first-order valence-electron chi connectivity index (χ1n) is 5.18. The third-order valence-corrected chi connectivity index (χ3v) is 2.34. The predicted molar refractivity (Wildman–Crippen MR) is 59.9 cm³/mol. The van der Waals surface area contributed by atoms with Crippen LogP contribution in [0, 0.1) is 0 Å². The molecule has 2 aromatic rings. The zero-order chi connectivity index (χ0) is 12.3. The fraction of sp³-hybridized carbons (Fsp3) is 0.273. The molecule has 2 heterocycles. The maximum absolute atomic E-state index is 12.1. The molecule has 0 bridgehead atoms. The van der Waals surface area contributed by atoms with Crippen LogP contribution in [-0.4, -0.2) is 32.4 Å². The normalized spacial score (nSPS) is 10.2. The molecule has 88 valence electrons. The summed E-state index contributed by atoms with van der Waals surface area (Å²) < 4.78 is 6.71. The lowest BCUT2D eigenvalue weighted by Gasteiger charge is -2.04. The molecule has 17 heavy (non-hydrogen) atoms. The number of ketones is 1. The fourth-order valence-corrected chi connectivity index (χ4v) is 1.46. The topological polar surface area (TPSA) is 69.9 Å². The van der Waals surface area contributed by atoms with Crippen molar-refractivity contribution < 1.29 is 9.53 Å². The van der Waals surface area contributed by atoms with Gasteiger partial charge in [0.1, 0.15) is 12.0 Å². The van der Waals surface area contributed by atoms with Crippen LogP contribution in [0.25, 0.3) is 0 Å². The molecule has 0 aromatic carbocycles. The molecule has 0 spiro atoms. The van der Waals surface area contributed by atoms with Crippen LogP contribution < -0.4 is 4.74 Å². The Hall–Kier alpha value is -2.24. The van der Waals surface area contributed by atoms with Crippen molar-refractivity contribution in [1.29, 1.82) is 0 Å². The highest BCUT2D eigenvalue weighted by atomic mass is 16.5. The number of rotatable bonds is 4. The summed E-state index contributed by atoms with van der Waals surface area (Å²) in [4.78, 5) is 23.9. The lowest BCUT2D eigenvalue weighted by Crippen LogP contribution is -2.12. The van der Waals surface area contributed by atoms with Crippen molar-refractivity contribution in [3.63, 3.8) is 0 Å². The number of carbonyl (C=O) groups is 1. The van der Waals surface area contributed by atoms with Gasteiger partial charge in [0.05, 0.1) is 7.11 Å². The Morgan fingerprint density at radius 3 is 2.94 bits per heavy atom. The molecule has 6 heteroatoms. The van der Waals surface area contributed by atoms with Crippen LogP contribution in [-0.2, 0) is 6.54 Å². The number of hydrogen-bond acceptors (Lipinski definition) is 5. The highest BCUT2D eigenvalue weighted by Gasteiger charge is 2.16. The van der Waals surface area contributed by atoms with Crippen LogP contribution in [0.15, 0.2) is 24.8 Å². The monoisotopic (exact) mass is 232 g/mol. The Morgan fingerprint density at radius 1 is 1.41 bits per heavy atom. The van der Waals surface area contributed by atoms with Gasteiger partial charge in [0.15, 0.2) is 5.82 Å². The molecule has 0 fully saturated rings. The van der Waals surface area contributed by atoms with E-state index in [0.717, 1.165) is 0 Å². The van der Waals surface area contributed by atoms with E-state index in [4.69, 9.17) is 4.74 Å². The van der Waals surface area contributed by atoms with Crippen molar-refractivity contribution in [3.8, 4) is 5.88 Å². The van der Waals surface area contributed by atoms with Gasteiger partial charge >= 0.3 is 0 Å². The van der Waals surface area contributed by atoms with Crippen molar-refractivity contribution in [3.05, 3.63) is 36.3 Å². The molecule has 0 saturated heterocycles. The van der Waals surface area contributed by atoms with Gasteiger partial charge in [0, 0.05) is 25.0 Å². The fourth-order valence-electron chi connectivity index (χ4n) is 1.46. The molecule has 0 aliphatic heterocycles. The van der Waals surface area contributed by atoms with Gasteiger partial charge in [0.25, 0.3) is 0 Å². The third-order valence-electron chi connectivity index (χ3n) is 2.34. The molecule has 0 amide bonds. The minimum absolute atomic E-state index is 0.238. The van der Waals surface area contributed by atoms with Gasteiger partial charge in [-0.25, -0.2) is 15.0 Å². The molecule has 0 aliphatic rings. The molecule has 0 unspecified atom stereocenters. The number of methoxy groups -OCH3 is 1. The molecule has 0 aliphatic carbocycles. The quantitative estimate of drug-likeness (QED) is 0.733. The van der Waals surface area contributed by atoms with Gasteiger partial charge in [-0.15, -0.1) is 0 Å². The van der Waals surface area contributed by atoms with Crippen LogP contribution in [0.5, 0.6) is 5.88 Å². The molecular weight excluding hydrogens is 220 g/mol. The average molecular weight is 232 g/mol. The predicted octanol–water partition coefficient (Wildman–Crippen LogP) is 0.933. The molecule has 6 nitrogen and oxygen atoms in total. The van der Waals surface area contributed by atoms with Gasteiger partial charge in [-0.2, -0.15) is 0 Å². The van der Waals surface area contributed by atoms with Crippen molar-refractivity contribution in [2.24, 2.45) is 0 Å². The zero-order valence-electron chi connectivity index (χ0n) is 9.62. The Bertz CT molecular complexity index is 536. The summed E-state index contributed by atoms with van der Waals surface area (Å²) in [6.07, 6.45) is 4.64. The lowest BCUT2D eigenvalue weighted by atomic mass is 10.2. The van der Waals surface area contributed by atoms with E-state index in [9.17, 15) is 4.79 Å². The van der Waals surface area contributed by atoms with Crippen molar-refractivity contribution in [1.82, 2.24) is 19.5 Å². The number of carbonyl (C=O) groups excluding carboxylic acids is 1. The van der Waals surface area contributed by atoms with E-state index in [1.807, 2.05) is 6.92 Å². The van der Waals surface area contributed by atoms with Gasteiger partial charge in [-0.1, -0.05) is 0 Å². The molecule has 0 N–H and O–H groups in total. The second kappa shape index (κ2) is 4.73. The number of imidazole rings is 1. The molecule has 2 rings (SSSR count). The summed E-state index contributed by atoms with van der Waals surface area (Å²) >= 11 is 0. The molecule has 0 atom stereocenters. The summed E-state index contributed by atoms with van der Waals surface area (Å²) in [5.74, 6) is 0.490. The maximum Gasteiger partial charge on any atom is 0.246 e. The van der Waals surface area contributed by atoms with Crippen molar-refractivity contribution in [2.45, 2.75) is 13.5 Å². The molecule has 0 radical (unpaired) electrons. The van der Waals surface area contributed by atoms with Crippen LogP contribution >= 0.6 is 0 Å². The second-order valence-electron chi connectivity index (χ2n) is 3.31. The SMILES string of the molecule is CCn1ccnc1C(=O)c1cc(OC)ncn1. The summed E-state index contributed by atoms with van der Waals surface area (Å²) in [5, 5.41) is 0. The summed E-state index contributed by atoms with van der Waals surface area (Å²) in [6.45, 7) is 2.63. The van der Waals surface area contributed by atoms with Gasteiger partial charge in [0.2, 0.25) is 11.7 Å². The largest absolute Gasteiger partial charge is 0.481 e. The van der Waals surface area contributed by atoms with E-state index in [1.165, 1.54) is 19.5 Å². The second-order valence-corrected chi connectivity index (χ2v) is 3.31. The number of aryl methyl sites for hydroxylation is 1. The molecule has 2 aromatic heterocycles. The number of ether oxygens (including phenoxy) is 1. The molecule has 0 saturated carbocycles. The minimum atomic E-state index is -0.238. The van der Waals surface area contributed by atoms with E-state index in [0.29, 0.717) is 18.2 Å². The first-order valence-corrected chi connectivity index (χ1v) is 5.18. The van der Waals surface area contributed by atoms with E-state index in [-0.39, 0.29) is 11.5 Å². The van der Waals surface area contributed by atoms with Crippen molar-refractivity contribution >= 4 is 5.78 Å². The van der Waals surface area contributed by atoms with E-state index in [2.05, 4.69) is 15.0 Å². The Kier molecular flexibility index (Phi) is 3.13. The van der Waals surface area contributed by atoms with Gasteiger partial charge in [-0.05, 0) is 6.92 Å². The number of nitrogens with zero attached hydrogens (tertiary/aromatic N) is 4. The van der Waals surface area contributed by atoms with Crippen LogP contribution in [0.2, 0.25) is 0 Å². The van der Waals surface area contributed by atoms with Gasteiger partial charge < -0.3 is 9.30 Å². The minimum Gasteiger partial charge on any atom is -0.481 e. The average Bonchev–Trinajstić information content (AvgIpc) is 2.86. The van der Waals surface area contributed by atoms with Crippen LogP contribution in [0.3, 0.4) is 0 Å². The van der Waals surface area contributed by atoms with Crippen molar-refractivity contribution in [2.75, 3.05) is 7.11 Å². The maximum atomic E-state index is 12.1. The first kappa shape index (κ1) is 11.3. The highest BCUT2D eigenvalue weighted by Crippen LogP contribution is 2.10. The Labute approximate surface area is 98.3 Å². The lowest BCUT2D eigenvalue weighted by molar-refractivity contribution is 0.102. The van der Waals surface area contributed by atoms with E-state index < -0.39 is 0 Å². The molecular formula is C11H12N4O2. The standard InChI is InChI=1S/C11H12N4O2/c1-3-15-5-4-12-11(15)10(16)8-6-9(17-2)14-7-13-8/h4-7H,3H2,1-2H3. The highest BCUT2D eigenvalue weighted by molar-refractivity contribution is 6.05. The first-order chi connectivity index (χ1) is 8.26. The summed E-state index contributed by atoms with van der Waals surface area (Å²) in [6, 6.07) is 1.50. The number of aromatic nitrogens is 4. The Morgan fingerprint density at radius 2 is 2.24 bits per heavy atom. The third kappa shape index (κ3) is 2.15. The summed E-state index contributed by atoms with van der Waals surface area (Å²) in [5.41, 5.74) is 0.276. The summed E-state index contributed by atoms with van der Waals surface area (Å²) in [7, 11) is 1.49.